The van der Waals surface area contributed by atoms with E-state index in [1.54, 1.807) is 6.92 Å². The van der Waals surface area contributed by atoms with Gasteiger partial charge in [-0.2, -0.15) is 0 Å². The van der Waals surface area contributed by atoms with E-state index >= 15 is 0 Å². The zero-order valence-corrected chi connectivity index (χ0v) is 5.43. The van der Waals surface area contributed by atoms with Gasteiger partial charge in [0, 0.05) is 7.11 Å². The first-order valence-electron chi connectivity index (χ1n) is 2.02. The third kappa shape index (κ3) is 6.75. The maximum atomic E-state index is 10.2. The molecule has 0 aromatic heterocycles. The van der Waals surface area contributed by atoms with Crippen molar-refractivity contribution in [3.05, 3.63) is 0 Å². The van der Waals surface area contributed by atoms with E-state index in [0.29, 0.717) is 6.61 Å². The Kier molecular flexibility index (Phi) is 11.2. The second-order valence-corrected chi connectivity index (χ2v) is 2.08. The zero-order valence-electron chi connectivity index (χ0n) is 4.43. The quantitative estimate of drug-likeness (QED) is 0.412. The predicted molar refractivity (Wildman–Crippen MR) is 34.8 cm³/mol. The molecular formula is C3H10LiO3P. The molecule has 0 fully saturated rings. The Bertz CT molecular complexity index is 67.5. The van der Waals surface area contributed by atoms with Gasteiger partial charge in [-0.3, -0.25) is 4.57 Å². The summed E-state index contributed by atoms with van der Waals surface area (Å²) in [6.45, 7) is 2.22. The average Bonchev–Trinajstić information content (AvgIpc) is 1.68. The Hall–Kier alpha value is 0.747. The van der Waals surface area contributed by atoms with Crippen LogP contribution in [0.25, 0.3) is 0 Å². The van der Waals surface area contributed by atoms with E-state index < -0.39 is 8.25 Å². The zero-order chi connectivity index (χ0) is 5.70. The molecule has 1 unspecified atom stereocenters. The van der Waals surface area contributed by atoms with Crippen molar-refractivity contribution in [2.45, 2.75) is 6.92 Å². The molecule has 0 heterocycles. The molecule has 5 heteroatoms. The molecule has 0 saturated heterocycles. The van der Waals surface area contributed by atoms with E-state index in [1.165, 1.54) is 7.11 Å². The second-order valence-electron chi connectivity index (χ2n) is 0.887. The number of rotatable bonds is 3. The third-order valence-electron chi connectivity index (χ3n) is 0.429. The van der Waals surface area contributed by atoms with E-state index in [2.05, 4.69) is 9.05 Å². The summed E-state index contributed by atoms with van der Waals surface area (Å²) in [7, 11) is -0.772. The van der Waals surface area contributed by atoms with Gasteiger partial charge < -0.3 is 9.05 Å². The molecule has 0 aliphatic heterocycles. The molecule has 3 nitrogen and oxygen atoms in total. The molecule has 46 valence electrons. The van der Waals surface area contributed by atoms with Crippen LogP contribution >= 0.6 is 8.25 Å². The summed E-state index contributed by atoms with van der Waals surface area (Å²) in [6, 6.07) is 0. The summed E-state index contributed by atoms with van der Waals surface area (Å²) in [5.74, 6) is 0. The van der Waals surface area contributed by atoms with Crippen LogP contribution in [-0.4, -0.2) is 32.6 Å². The van der Waals surface area contributed by atoms with Gasteiger partial charge in [-0.05, 0) is 6.92 Å². The Morgan fingerprint density at radius 2 is 2.12 bits per heavy atom. The van der Waals surface area contributed by atoms with Gasteiger partial charge in [-0.15, -0.1) is 0 Å². The molecule has 0 amide bonds. The predicted octanol–water partition coefficient (Wildman–Crippen LogP) is 0.410. The van der Waals surface area contributed by atoms with Crippen molar-refractivity contribution >= 4 is 27.1 Å². The molecule has 0 bridgehead atoms. The minimum absolute atomic E-state index is 0. The molecule has 0 N–H and O–H groups in total. The molecule has 0 aliphatic carbocycles. The maximum absolute atomic E-state index is 10.2. The van der Waals surface area contributed by atoms with E-state index in [9.17, 15) is 4.57 Å². The van der Waals surface area contributed by atoms with Gasteiger partial charge in [0.25, 0.3) is 0 Å². The van der Waals surface area contributed by atoms with Crippen LogP contribution in [-0.2, 0) is 13.6 Å². The van der Waals surface area contributed by atoms with Crippen LogP contribution in [0, 0.1) is 0 Å². The van der Waals surface area contributed by atoms with Crippen molar-refractivity contribution in [2.24, 2.45) is 0 Å². The van der Waals surface area contributed by atoms with Crippen LogP contribution in [0.5, 0.6) is 0 Å². The van der Waals surface area contributed by atoms with Gasteiger partial charge >= 0.3 is 27.1 Å². The number of hydrogen-bond donors (Lipinski definition) is 0. The normalized spacial score (nSPS) is 12.2. The fourth-order valence-electron chi connectivity index (χ4n) is 0.177. The van der Waals surface area contributed by atoms with Crippen molar-refractivity contribution < 1.29 is 13.6 Å². The van der Waals surface area contributed by atoms with Crippen molar-refractivity contribution in [1.82, 2.24) is 0 Å². The Morgan fingerprint density at radius 3 is 2.25 bits per heavy atom. The summed E-state index contributed by atoms with van der Waals surface area (Å²) in [4.78, 5) is 0. The first-order chi connectivity index (χ1) is 3.31. The molecule has 0 radical (unpaired) electrons. The molecule has 0 saturated carbocycles. The van der Waals surface area contributed by atoms with Gasteiger partial charge in [-0.25, -0.2) is 0 Å². The monoisotopic (exact) mass is 132 g/mol. The van der Waals surface area contributed by atoms with Gasteiger partial charge in [-0.1, -0.05) is 0 Å². The molecule has 1 atom stereocenters. The van der Waals surface area contributed by atoms with Crippen LogP contribution in [0.15, 0.2) is 0 Å². The molecular weight excluding hydrogens is 122 g/mol. The fraction of sp³-hybridized carbons (Fsp3) is 1.00. The molecule has 0 rings (SSSR count). The van der Waals surface area contributed by atoms with Gasteiger partial charge in [0.2, 0.25) is 0 Å². The van der Waals surface area contributed by atoms with Gasteiger partial charge in [0.15, 0.2) is 0 Å². The SMILES string of the molecule is CCO[PH](=O)OC.[LiH]. The van der Waals surface area contributed by atoms with Crippen molar-refractivity contribution in [2.75, 3.05) is 13.7 Å². The molecule has 0 aliphatic rings. The molecule has 8 heavy (non-hydrogen) atoms. The summed E-state index contributed by atoms with van der Waals surface area (Å²) in [6.07, 6.45) is 0. The van der Waals surface area contributed by atoms with E-state index in [4.69, 9.17) is 0 Å². The molecule has 0 spiro atoms. The summed E-state index contributed by atoms with van der Waals surface area (Å²) >= 11 is 0. The average molecular weight is 132 g/mol. The number of hydrogen-bond acceptors (Lipinski definition) is 3. The Balaban J connectivity index is 0. The Morgan fingerprint density at radius 1 is 1.62 bits per heavy atom. The standard InChI is InChI=1S/C3H9O3P.Li.H/c1-3-6-7(4)5-2;;/h7H,3H2,1-2H3;;. The summed E-state index contributed by atoms with van der Waals surface area (Å²) < 4.78 is 19.0. The van der Waals surface area contributed by atoms with Crippen LogP contribution in [0.1, 0.15) is 6.92 Å². The van der Waals surface area contributed by atoms with Gasteiger partial charge in [0.05, 0.1) is 6.61 Å². The summed E-state index contributed by atoms with van der Waals surface area (Å²) in [5.41, 5.74) is 0. The fourth-order valence-corrected chi connectivity index (χ4v) is 0.530. The summed E-state index contributed by atoms with van der Waals surface area (Å²) in [5, 5.41) is 0. The van der Waals surface area contributed by atoms with E-state index in [1.807, 2.05) is 0 Å². The second kappa shape index (κ2) is 7.75. The van der Waals surface area contributed by atoms with E-state index in [0.717, 1.165) is 0 Å². The van der Waals surface area contributed by atoms with Crippen LogP contribution in [0.4, 0.5) is 0 Å². The molecule has 0 aromatic rings. The topological polar surface area (TPSA) is 35.5 Å². The van der Waals surface area contributed by atoms with Gasteiger partial charge in [0.1, 0.15) is 0 Å². The van der Waals surface area contributed by atoms with Crippen molar-refractivity contribution in [3.8, 4) is 0 Å². The third-order valence-corrected chi connectivity index (χ3v) is 1.29. The van der Waals surface area contributed by atoms with Crippen LogP contribution < -0.4 is 0 Å². The minimum atomic E-state index is -2.13. The molecule has 0 aromatic carbocycles. The first-order valence-corrected chi connectivity index (χ1v) is 3.24. The first kappa shape index (κ1) is 11.5. The van der Waals surface area contributed by atoms with E-state index in [-0.39, 0.29) is 18.9 Å². The Labute approximate surface area is 61.9 Å². The van der Waals surface area contributed by atoms with Crippen LogP contribution in [0.2, 0.25) is 0 Å². The van der Waals surface area contributed by atoms with Crippen molar-refractivity contribution in [3.63, 3.8) is 0 Å². The van der Waals surface area contributed by atoms with Crippen molar-refractivity contribution in [1.29, 1.82) is 0 Å². The van der Waals surface area contributed by atoms with Crippen LogP contribution in [0.3, 0.4) is 0 Å².